The molecule has 0 saturated carbocycles. The van der Waals surface area contributed by atoms with Gasteiger partial charge < -0.3 is 15.1 Å². The first-order valence-corrected chi connectivity index (χ1v) is 9.07. The lowest BCUT2D eigenvalue weighted by molar-refractivity contribution is 0.00959. The fraction of sp³-hybridized carbons (Fsp3) is 0.611. The summed E-state index contributed by atoms with van der Waals surface area (Å²) >= 11 is 3.57. The van der Waals surface area contributed by atoms with Crippen molar-refractivity contribution in [1.82, 2.24) is 10.3 Å². The number of fused-ring (bicyclic) bond motifs is 1. The quantitative estimate of drug-likeness (QED) is 0.754. The van der Waals surface area contributed by atoms with Crippen molar-refractivity contribution in [3.63, 3.8) is 0 Å². The molecule has 2 aliphatic rings. The molecule has 1 fully saturated rings. The smallest absolute Gasteiger partial charge is 0.129 e. The molecule has 1 aromatic carbocycles. The molecule has 0 radical (unpaired) electrons. The van der Waals surface area contributed by atoms with Crippen LogP contribution < -0.4 is 10.2 Å². The number of halogens is 1. The topological polar surface area (TPSA) is 36.9 Å². The van der Waals surface area contributed by atoms with E-state index in [9.17, 15) is 0 Å². The molecular formula is C18H26BrN3O. The molecule has 3 rings (SSSR count). The third-order valence-corrected chi connectivity index (χ3v) is 4.99. The summed E-state index contributed by atoms with van der Waals surface area (Å²) in [6.07, 6.45) is 2.97. The van der Waals surface area contributed by atoms with Crippen LogP contribution in [-0.2, 0) is 0 Å². The van der Waals surface area contributed by atoms with Gasteiger partial charge in [-0.05, 0) is 46.0 Å². The van der Waals surface area contributed by atoms with Crippen LogP contribution in [0.15, 0.2) is 27.8 Å². The van der Waals surface area contributed by atoms with Crippen LogP contribution in [0.2, 0.25) is 0 Å². The Morgan fingerprint density at radius 2 is 1.96 bits per heavy atom. The van der Waals surface area contributed by atoms with Crippen molar-refractivity contribution in [2.24, 2.45) is 5.10 Å². The molecule has 2 aliphatic heterocycles. The van der Waals surface area contributed by atoms with Gasteiger partial charge in [0.1, 0.15) is 11.4 Å². The normalized spacial score (nSPS) is 22.7. The second-order valence-electron chi connectivity index (χ2n) is 7.83. The molecule has 1 N–H and O–H groups in total. The lowest BCUT2D eigenvalue weighted by atomic mass is 9.82. The van der Waals surface area contributed by atoms with Gasteiger partial charge in [0.15, 0.2) is 0 Å². The monoisotopic (exact) mass is 379 g/mol. The number of rotatable bonds is 1. The molecule has 126 valence electrons. The minimum atomic E-state index is -0.105. The molecule has 0 aliphatic carbocycles. The van der Waals surface area contributed by atoms with E-state index >= 15 is 0 Å². The Balaban J connectivity index is 1.95. The van der Waals surface area contributed by atoms with Gasteiger partial charge in [-0.3, -0.25) is 0 Å². The lowest BCUT2D eigenvalue weighted by Crippen LogP contribution is -2.50. The molecule has 0 bridgehead atoms. The highest BCUT2D eigenvalue weighted by Gasteiger charge is 2.41. The highest BCUT2D eigenvalue weighted by atomic mass is 79.9. The van der Waals surface area contributed by atoms with E-state index in [-0.39, 0.29) is 11.1 Å². The molecule has 0 amide bonds. The summed E-state index contributed by atoms with van der Waals surface area (Å²) in [6.45, 7) is 8.54. The second kappa shape index (κ2) is 6.10. The van der Waals surface area contributed by atoms with E-state index in [2.05, 4.69) is 66.2 Å². The van der Waals surface area contributed by atoms with Crippen LogP contribution >= 0.6 is 15.9 Å². The number of nitrogens with zero attached hydrogens (tertiary/aromatic N) is 2. The number of ether oxygens (including phenoxy) is 1. The van der Waals surface area contributed by atoms with Gasteiger partial charge >= 0.3 is 0 Å². The van der Waals surface area contributed by atoms with Gasteiger partial charge in [-0.25, -0.2) is 0 Å². The van der Waals surface area contributed by atoms with Crippen molar-refractivity contribution in [3.8, 4) is 5.75 Å². The maximum atomic E-state index is 6.47. The van der Waals surface area contributed by atoms with Crippen LogP contribution in [0.4, 0.5) is 0 Å². The molecule has 1 aromatic rings. The van der Waals surface area contributed by atoms with Crippen LogP contribution in [0.1, 0.15) is 45.6 Å². The number of hydrogen-bond donors (Lipinski definition) is 1. The minimum absolute atomic E-state index is 0.0442. The number of nitrogens with one attached hydrogen (secondary N) is 1. The third kappa shape index (κ3) is 3.89. The molecule has 1 spiro atoms. The summed E-state index contributed by atoms with van der Waals surface area (Å²) in [5, 5.41) is 4.76. The summed E-state index contributed by atoms with van der Waals surface area (Å²) in [5.41, 5.74) is 5.34. The van der Waals surface area contributed by atoms with E-state index in [1.54, 1.807) is 0 Å². The number of likely N-dealkylation sites (tertiary alicyclic amines) is 1. The van der Waals surface area contributed by atoms with Crippen molar-refractivity contribution >= 4 is 21.6 Å². The Morgan fingerprint density at radius 1 is 1.26 bits per heavy atom. The van der Waals surface area contributed by atoms with Gasteiger partial charge in [0.2, 0.25) is 0 Å². The predicted octanol–water partition coefficient (Wildman–Crippen LogP) is 3.79. The molecule has 23 heavy (non-hydrogen) atoms. The van der Waals surface area contributed by atoms with E-state index in [1.807, 2.05) is 6.07 Å². The van der Waals surface area contributed by atoms with Crippen molar-refractivity contribution in [3.05, 3.63) is 28.2 Å². The van der Waals surface area contributed by atoms with Crippen LogP contribution in [0.5, 0.6) is 5.75 Å². The largest absolute Gasteiger partial charge is 0.486 e. The van der Waals surface area contributed by atoms with E-state index in [4.69, 9.17) is 9.84 Å². The summed E-state index contributed by atoms with van der Waals surface area (Å²) in [5.74, 6) is 0.957. The van der Waals surface area contributed by atoms with Crippen LogP contribution in [-0.4, -0.2) is 41.9 Å². The lowest BCUT2D eigenvalue weighted by Gasteiger charge is -2.44. The standard InChI is InChI=1S/C18H26BrN3O/c1-17(2,3)21-20-15-12-18(7-9-22(4)10-8-18)23-16-6-5-13(19)11-14(15)16/h5-6,11,21H,7-10,12H2,1-4H3/b20-15+. The maximum absolute atomic E-state index is 6.47. The molecule has 1 saturated heterocycles. The van der Waals surface area contributed by atoms with E-state index in [0.29, 0.717) is 0 Å². The molecule has 2 heterocycles. The average Bonchev–Trinajstić information content (AvgIpc) is 2.48. The highest BCUT2D eigenvalue weighted by molar-refractivity contribution is 9.10. The second-order valence-corrected chi connectivity index (χ2v) is 8.74. The highest BCUT2D eigenvalue weighted by Crippen LogP contribution is 2.40. The van der Waals surface area contributed by atoms with E-state index in [1.165, 1.54) is 0 Å². The van der Waals surface area contributed by atoms with E-state index < -0.39 is 0 Å². The van der Waals surface area contributed by atoms with Crippen LogP contribution in [0.3, 0.4) is 0 Å². The predicted molar refractivity (Wildman–Crippen MR) is 98.3 cm³/mol. The summed E-state index contributed by atoms with van der Waals surface area (Å²) in [7, 11) is 2.18. The summed E-state index contributed by atoms with van der Waals surface area (Å²) < 4.78 is 7.53. The van der Waals surface area contributed by atoms with Crippen molar-refractivity contribution in [2.45, 2.75) is 51.2 Å². The van der Waals surface area contributed by atoms with E-state index in [0.717, 1.165) is 53.8 Å². The average molecular weight is 380 g/mol. The van der Waals surface area contributed by atoms with Gasteiger partial charge in [-0.2, -0.15) is 5.10 Å². The summed E-state index contributed by atoms with van der Waals surface area (Å²) in [4.78, 5) is 2.37. The van der Waals surface area contributed by atoms with Gasteiger partial charge in [0.05, 0.1) is 5.71 Å². The van der Waals surface area contributed by atoms with Gasteiger partial charge in [-0.1, -0.05) is 15.9 Å². The van der Waals surface area contributed by atoms with Gasteiger partial charge in [-0.15, -0.1) is 0 Å². The Morgan fingerprint density at radius 3 is 2.61 bits per heavy atom. The molecule has 4 nitrogen and oxygen atoms in total. The number of hydrazone groups is 1. The first kappa shape index (κ1) is 16.8. The zero-order valence-corrected chi connectivity index (χ0v) is 16.0. The van der Waals surface area contributed by atoms with Gasteiger partial charge in [0.25, 0.3) is 0 Å². The first-order chi connectivity index (χ1) is 10.8. The third-order valence-electron chi connectivity index (χ3n) is 4.49. The Hall–Kier alpha value is -1.07. The van der Waals surface area contributed by atoms with Crippen LogP contribution in [0.25, 0.3) is 0 Å². The van der Waals surface area contributed by atoms with Crippen molar-refractivity contribution in [2.75, 3.05) is 20.1 Å². The zero-order chi connectivity index (χ0) is 16.7. The molecule has 5 heteroatoms. The first-order valence-electron chi connectivity index (χ1n) is 8.28. The number of piperidine rings is 1. The molecule has 0 atom stereocenters. The molecule has 0 aromatic heterocycles. The number of benzene rings is 1. The Labute approximate surface area is 147 Å². The van der Waals surface area contributed by atoms with Gasteiger partial charge in [0, 0.05) is 47.9 Å². The molecular weight excluding hydrogens is 354 g/mol. The fourth-order valence-electron chi connectivity index (χ4n) is 3.13. The Bertz CT molecular complexity index is 613. The van der Waals surface area contributed by atoms with Crippen molar-refractivity contribution in [1.29, 1.82) is 0 Å². The van der Waals surface area contributed by atoms with Crippen LogP contribution in [0, 0.1) is 0 Å². The Kier molecular flexibility index (Phi) is 4.45. The fourth-order valence-corrected chi connectivity index (χ4v) is 3.49. The molecule has 0 unspecified atom stereocenters. The van der Waals surface area contributed by atoms with Crippen molar-refractivity contribution < 1.29 is 4.74 Å². The number of hydrogen-bond acceptors (Lipinski definition) is 4. The zero-order valence-electron chi connectivity index (χ0n) is 14.4. The maximum Gasteiger partial charge on any atom is 0.129 e. The minimum Gasteiger partial charge on any atom is -0.486 e. The SMILES string of the molecule is CN1CCC2(CC1)C/C(=N\NC(C)(C)C)c1cc(Br)ccc1O2. The summed E-state index contributed by atoms with van der Waals surface area (Å²) in [6, 6.07) is 6.22.